The van der Waals surface area contributed by atoms with Crippen LogP contribution in [0.15, 0.2) is 91.3 Å². The largest absolute Gasteiger partial charge is 0.497 e. The number of hydrogen-bond acceptors (Lipinski definition) is 7. The first-order valence-corrected chi connectivity index (χ1v) is 11.9. The smallest absolute Gasteiger partial charge is 0.325 e. The van der Waals surface area contributed by atoms with Crippen molar-refractivity contribution in [2.75, 3.05) is 19.1 Å². The van der Waals surface area contributed by atoms with Gasteiger partial charge in [-0.1, -0.05) is 72.3 Å². The van der Waals surface area contributed by atoms with Crippen molar-refractivity contribution in [3.8, 4) is 5.75 Å². The molecule has 0 saturated heterocycles. The minimum absolute atomic E-state index is 0.0525. The molecule has 0 amide bonds. The topological polar surface area (TPSA) is 82.4 Å². The molecule has 0 radical (unpaired) electrons. The lowest BCUT2D eigenvalue weighted by atomic mass is 9.96. The Balaban J connectivity index is 1.75. The summed E-state index contributed by atoms with van der Waals surface area (Å²) in [5.41, 5.74) is 3.73. The van der Waals surface area contributed by atoms with Gasteiger partial charge in [-0.3, -0.25) is 9.69 Å². The quantitative estimate of drug-likeness (QED) is 0.197. The number of aromatic nitrogens is 4. The molecule has 3 aromatic carbocycles. The van der Waals surface area contributed by atoms with Crippen LogP contribution in [0.25, 0.3) is 11.2 Å². The van der Waals surface area contributed by atoms with Crippen LogP contribution < -0.4 is 9.64 Å². The van der Waals surface area contributed by atoms with Crippen LogP contribution in [-0.4, -0.2) is 39.7 Å². The fraction of sp³-hybridized carbons (Fsp3) is 0.143. The van der Waals surface area contributed by atoms with Gasteiger partial charge < -0.3 is 14.0 Å². The number of fused-ring (bicyclic) bond motifs is 1. The Morgan fingerprint density at radius 2 is 1.54 bits per heavy atom. The van der Waals surface area contributed by atoms with Gasteiger partial charge in [0, 0.05) is 5.69 Å². The molecule has 5 rings (SSSR count). The van der Waals surface area contributed by atoms with E-state index in [0.717, 1.165) is 22.6 Å². The number of methoxy groups -OCH3 is 2. The fourth-order valence-corrected chi connectivity index (χ4v) is 4.42. The second-order valence-electron chi connectivity index (χ2n) is 8.23. The normalized spacial score (nSPS) is 11.0. The molecular weight excluding hydrogens is 490 g/mol. The predicted octanol–water partition coefficient (Wildman–Crippen LogP) is 5.59. The van der Waals surface area contributed by atoms with Crippen molar-refractivity contribution in [3.63, 3.8) is 0 Å². The van der Waals surface area contributed by atoms with Gasteiger partial charge in [-0.2, -0.15) is 9.97 Å². The lowest BCUT2D eigenvalue weighted by Gasteiger charge is -2.33. The van der Waals surface area contributed by atoms with Crippen molar-refractivity contribution in [3.05, 3.63) is 108 Å². The minimum atomic E-state index is -0.422. The average Bonchev–Trinajstić information content (AvgIpc) is 3.35. The van der Waals surface area contributed by atoms with E-state index in [1.54, 1.807) is 11.7 Å². The number of anilines is 2. The molecule has 0 unspecified atom stereocenters. The molecule has 0 N–H and O–H groups in total. The first-order chi connectivity index (χ1) is 18.1. The van der Waals surface area contributed by atoms with Crippen LogP contribution in [0.4, 0.5) is 11.6 Å². The van der Waals surface area contributed by atoms with Crippen LogP contribution in [0, 0.1) is 0 Å². The van der Waals surface area contributed by atoms with Crippen LogP contribution >= 0.6 is 11.6 Å². The molecule has 0 aliphatic heterocycles. The van der Waals surface area contributed by atoms with Crippen molar-refractivity contribution in [1.29, 1.82) is 0 Å². The SMILES string of the molecule is COC(=O)Cn1cnc2c(Cl)nc(N(c3ccc(OC)cc3)C(c3ccccc3)c3ccccc3)nc21. The van der Waals surface area contributed by atoms with Gasteiger partial charge in [0.05, 0.1) is 26.6 Å². The van der Waals surface area contributed by atoms with Gasteiger partial charge in [-0.05, 0) is 35.4 Å². The molecule has 8 nitrogen and oxygen atoms in total. The first kappa shape index (κ1) is 24.3. The van der Waals surface area contributed by atoms with E-state index in [1.165, 1.54) is 13.4 Å². The lowest BCUT2D eigenvalue weighted by Crippen LogP contribution is -2.27. The molecule has 2 aromatic heterocycles. The van der Waals surface area contributed by atoms with Gasteiger partial charge in [0.2, 0.25) is 5.95 Å². The zero-order chi connectivity index (χ0) is 25.8. The van der Waals surface area contributed by atoms with Gasteiger partial charge in [-0.25, -0.2) is 4.98 Å². The minimum Gasteiger partial charge on any atom is -0.497 e. The van der Waals surface area contributed by atoms with Crippen molar-refractivity contribution in [1.82, 2.24) is 19.5 Å². The van der Waals surface area contributed by atoms with Crippen molar-refractivity contribution in [2.24, 2.45) is 0 Å². The molecule has 2 heterocycles. The second-order valence-corrected chi connectivity index (χ2v) is 8.59. The highest BCUT2D eigenvalue weighted by Crippen LogP contribution is 2.39. The van der Waals surface area contributed by atoms with E-state index < -0.39 is 5.97 Å². The Labute approximate surface area is 219 Å². The highest BCUT2D eigenvalue weighted by molar-refractivity contribution is 6.33. The Kier molecular flexibility index (Phi) is 7.00. The van der Waals surface area contributed by atoms with Gasteiger partial charge in [0.1, 0.15) is 17.8 Å². The maximum atomic E-state index is 12.0. The van der Waals surface area contributed by atoms with E-state index in [9.17, 15) is 4.79 Å². The number of nitrogens with zero attached hydrogens (tertiary/aromatic N) is 5. The van der Waals surface area contributed by atoms with Gasteiger partial charge in [-0.15, -0.1) is 0 Å². The second kappa shape index (κ2) is 10.7. The van der Waals surface area contributed by atoms with E-state index in [4.69, 9.17) is 26.1 Å². The third-order valence-electron chi connectivity index (χ3n) is 5.99. The number of esters is 1. The van der Waals surface area contributed by atoms with Crippen LogP contribution in [0.5, 0.6) is 5.75 Å². The highest BCUT2D eigenvalue weighted by atomic mass is 35.5. The van der Waals surface area contributed by atoms with Crippen LogP contribution in [0.2, 0.25) is 5.15 Å². The number of rotatable bonds is 8. The summed E-state index contributed by atoms with van der Waals surface area (Å²) in [4.78, 5) is 27.9. The van der Waals surface area contributed by atoms with E-state index in [2.05, 4.69) is 34.2 Å². The maximum absolute atomic E-state index is 12.0. The molecule has 0 aliphatic carbocycles. The summed E-state index contributed by atoms with van der Waals surface area (Å²) in [5, 5.41) is 0.182. The molecule has 0 fully saturated rings. The summed E-state index contributed by atoms with van der Waals surface area (Å²) in [6.45, 7) is -0.0525. The van der Waals surface area contributed by atoms with Gasteiger partial charge >= 0.3 is 5.97 Å². The number of imidazole rings is 1. The fourth-order valence-electron chi connectivity index (χ4n) is 4.21. The number of carbonyl (C=O) groups is 1. The zero-order valence-electron chi connectivity index (χ0n) is 20.3. The van der Waals surface area contributed by atoms with Crippen LogP contribution in [-0.2, 0) is 16.1 Å². The third kappa shape index (κ3) is 4.96. The Hall–Kier alpha value is -4.43. The van der Waals surface area contributed by atoms with Gasteiger partial charge in [0.15, 0.2) is 10.8 Å². The monoisotopic (exact) mass is 513 g/mol. The molecule has 0 bridgehead atoms. The lowest BCUT2D eigenvalue weighted by molar-refractivity contribution is -0.141. The van der Waals surface area contributed by atoms with E-state index in [-0.39, 0.29) is 17.7 Å². The molecule has 0 saturated carbocycles. The molecule has 0 aliphatic rings. The molecular formula is C28H24ClN5O3. The summed E-state index contributed by atoms with van der Waals surface area (Å²) in [6, 6.07) is 27.6. The Bertz CT molecular complexity index is 1470. The summed E-state index contributed by atoms with van der Waals surface area (Å²) in [7, 11) is 2.97. The molecule has 0 spiro atoms. The number of hydrogen-bond donors (Lipinski definition) is 0. The molecule has 186 valence electrons. The van der Waals surface area contributed by atoms with Crippen LogP contribution in [0.3, 0.4) is 0 Å². The molecule has 0 atom stereocenters. The van der Waals surface area contributed by atoms with E-state index in [0.29, 0.717) is 17.1 Å². The molecule has 5 aromatic rings. The van der Waals surface area contributed by atoms with Crippen molar-refractivity contribution < 1.29 is 14.3 Å². The average molecular weight is 514 g/mol. The summed E-state index contributed by atoms with van der Waals surface area (Å²) >= 11 is 6.63. The maximum Gasteiger partial charge on any atom is 0.325 e. The predicted molar refractivity (Wildman–Crippen MR) is 142 cm³/mol. The van der Waals surface area contributed by atoms with Crippen molar-refractivity contribution in [2.45, 2.75) is 12.6 Å². The molecule has 9 heteroatoms. The summed E-state index contributed by atoms with van der Waals surface area (Å²) in [5.74, 6) is 0.659. The number of carbonyl (C=O) groups excluding carboxylic acids is 1. The van der Waals surface area contributed by atoms with Gasteiger partial charge in [0.25, 0.3) is 0 Å². The standard InChI is InChI=1S/C28H24ClN5O3/c1-36-22-15-13-21(14-16-22)34(25(19-9-5-3-6-10-19)20-11-7-4-8-12-20)28-31-26(29)24-27(32-28)33(18-30-24)17-23(35)37-2/h3-16,18,25H,17H2,1-2H3. The number of benzene rings is 3. The summed E-state index contributed by atoms with van der Waals surface area (Å²) < 4.78 is 11.8. The summed E-state index contributed by atoms with van der Waals surface area (Å²) in [6.07, 6.45) is 1.51. The number of ether oxygens (including phenoxy) is 2. The Morgan fingerprint density at radius 1 is 0.919 bits per heavy atom. The third-order valence-corrected chi connectivity index (χ3v) is 6.26. The zero-order valence-corrected chi connectivity index (χ0v) is 21.0. The van der Waals surface area contributed by atoms with Crippen LogP contribution in [0.1, 0.15) is 17.2 Å². The van der Waals surface area contributed by atoms with E-state index in [1.807, 2.05) is 65.6 Å². The number of halogens is 1. The first-order valence-electron chi connectivity index (χ1n) is 11.6. The Morgan fingerprint density at radius 3 is 2.11 bits per heavy atom. The van der Waals surface area contributed by atoms with E-state index >= 15 is 0 Å². The highest BCUT2D eigenvalue weighted by Gasteiger charge is 2.28. The molecule has 37 heavy (non-hydrogen) atoms. The van der Waals surface area contributed by atoms with Crippen molar-refractivity contribution >= 4 is 40.4 Å².